The number of nitrogens with zero attached hydrogens (tertiary/aromatic N) is 2. The van der Waals surface area contributed by atoms with Gasteiger partial charge in [0.05, 0.1) is 16.3 Å². The van der Waals surface area contributed by atoms with E-state index in [9.17, 15) is 9.59 Å². The molecule has 0 unspecified atom stereocenters. The smallest absolute Gasteiger partial charge is 0.418 e. The van der Waals surface area contributed by atoms with Crippen LogP contribution in [0.15, 0.2) is 53.1 Å². The van der Waals surface area contributed by atoms with Gasteiger partial charge in [-0.2, -0.15) is 4.98 Å². The molecule has 2 N–H and O–H groups in total. The average Bonchev–Trinajstić information content (AvgIpc) is 3.41. The van der Waals surface area contributed by atoms with Crippen LogP contribution in [0.4, 0.5) is 5.69 Å². The molecule has 4 rings (SSSR count). The number of nitrogens with one attached hydrogen (secondary N) is 2. The number of aromatic nitrogens is 2. The first-order valence-electron chi connectivity index (χ1n) is 9.01. The van der Waals surface area contributed by atoms with Crippen LogP contribution in [0.5, 0.6) is 6.08 Å². The zero-order valence-electron chi connectivity index (χ0n) is 15.2. The van der Waals surface area contributed by atoms with E-state index in [-0.39, 0.29) is 30.5 Å². The van der Waals surface area contributed by atoms with Crippen LogP contribution in [0, 0.1) is 0 Å². The maximum absolute atomic E-state index is 12.3. The summed E-state index contributed by atoms with van der Waals surface area (Å²) in [5.41, 5.74) is 1.39. The summed E-state index contributed by atoms with van der Waals surface area (Å²) < 4.78 is 10.3. The van der Waals surface area contributed by atoms with Gasteiger partial charge in [-0.3, -0.25) is 14.1 Å². The van der Waals surface area contributed by atoms with Crippen LogP contribution in [0.3, 0.4) is 0 Å². The second-order valence-electron chi connectivity index (χ2n) is 6.49. The van der Waals surface area contributed by atoms with Gasteiger partial charge in [0.2, 0.25) is 5.82 Å². The molecular weight excluding hydrogens is 396 g/mol. The first-order chi connectivity index (χ1) is 14.1. The highest BCUT2D eigenvalue weighted by Crippen LogP contribution is 2.26. The molecule has 0 radical (unpaired) electrons. The van der Waals surface area contributed by atoms with Crippen LogP contribution in [0.2, 0.25) is 5.02 Å². The van der Waals surface area contributed by atoms with Crippen molar-refractivity contribution in [3.05, 3.63) is 59.1 Å². The van der Waals surface area contributed by atoms with E-state index in [1.165, 1.54) is 0 Å². The summed E-state index contributed by atoms with van der Waals surface area (Å²) in [6.45, 7) is -0.358. The summed E-state index contributed by atoms with van der Waals surface area (Å²) in [7, 11) is 0. The van der Waals surface area contributed by atoms with Gasteiger partial charge in [-0.05, 0) is 37.1 Å². The number of ether oxygens (including phenoxy) is 1. The number of hydrogen-bond acceptors (Lipinski definition) is 6. The van der Waals surface area contributed by atoms with Gasteiger partial charge in [-0.15, -0.1) is 0 Å². The van der Waals surface area contributed by atoms with Gasteiger partial charge in [0, 0.05) is 11.6 Å². The molecule has 0 saturated heterocycles. The number of anilines is 1. The first-order valence-corrected chi connectivity index (χ1v) is 9.39. The Bertz CT molecular complexity index is 1050. The van der Waals surface area contributed by atoms with Gasteiger partial charge < -0.3 is 15.4 Å². The monoisotopic (exact) mass is 412 g/mol. The number of carbonyl (C=O) groups is 2. The molecule has 0 spiro atoms. The lowest BCUT2D eigenvalue weighted by Gasteiger charge is -2.10. The molecule has 9 heteroatoms. The molecule has 0 bridgehead atoms. The fraction of sp³-hybridized carbons (Fsp3) is 0.200. The molecule has 2 aromatic carbocycles. The molecule has 1 fully saturated rings. The number of para-hydroxylation sites is 1. The largest absolute Gasteiger partial charge is 0.439 e. The second-order valence-corrected chi connectivity index (χ2v) is 6.90. The van der Waals surface area contributed by atoms with Gasteiger partial charge in [0.15, 0.2) is 6.61 Å². The third-order valence-electron chi connectivity index (χ3n) is 4.21. The number of halogens is 1. The highest BCUT2D eigenvalue weighted by atomic mass is 35.5. The van der Waals surface area contributed by atoms with E-state index in [0.29, 0.717) is 21.8 Å². The van der Waals surface area contributed by atoms with Gasteiger partial charge in [-0.25, -0.2) is 0 Å². The van der Waals surface area contributed by atoms with Crippen molar-refractivity contribution in [3.8, 4) is 17.5 Å². The van der Waals surface area contributed by atoms with E-state index < -0.39 is 5.91 Å². The maximum atomic E-state index is 12.3. The Labute approximate surface area is 171 Å². The highest BCUT2D eigenvalue weighted by Gasteiger charge is 2.25. The second kappa shape index (κ2) is 8.32. The van der Waals surface area contributed by atoms with Gasteiger partial charge in [0.1, 0.15) is 0 Å². The molecule has 1 saturated carbocycles. The molecule has 2 amide bonds. The molecule has 29 heavy (non-hydrogen) atoms. The number of amides is 2. The van der Waals surface area contributed by atoms with Crippen molar-refractivity contribution in [2.45, 2.75) is 18.9 Å². The van der Waals surface area contributed by atoms with E-state index in [1.54, 1.807) is 48.5 Å². The van der Waals surface area contributed by atoms with E-state index in [2.05, 4.69) is 20.8 Å². The fourth-order valence-electron chi connectivity index (χ4n) is 2.61. The lowest BCUT2D eigenvalue weighted by molar-refractivity contribution is -0.118. The minimum absolute atomic E-state index is 0.158. The summed E-state index contributed by atoms with van der Waals surface area (Å²) in [5, 5.41) is 9.84. The lowest BCUT2D eigenvalue weighted by Crippen LogP contribution is -2.28. The number of carbonyl (C=O) groups excluding carboxylic acids is 2. The SMILES string of the molecule is O=C(COc1nc(-c2ccccc2Cl)no1)Nc1ccccc1C(=O)NC1CC1. The predicted octanol–water partition coefficient (Wildman–Crippen LogP) is 3.30. The van der Waals surface area contributed by atoms with Crippen LogP contribution in [-0.2, 0) is 4.79 Å². The topological polar surface area (TPSA) is 106 Å². The Morgan fingerprint density at radius 2 is 1.90 bits per heavy atom. The zero-order chi connectivity index (χ0) is 20.2. The Morgan fingerprint density at radius 1 is 1.14 bits per heavy atom. The Balaban J connectivity index is 1.36. The van der Waals surface area contributed by atoms with Crippen molar-refractivity contribution in [1.29, 1.82) is 0 Å². The van der Waals surface area contributed by atoms with Crippen molar-refractivity contribution in [2.75, 3.05) is 11.9 Å². The molecule has 0 atom stereocenters. The summed E-state index contributed by atoms with van der Waals surface area (Å²) in [6.07, 6.45) is 1.80. The molecule has 1 heterocycles. The molecular formula is C20H17ClN4O4. The normalized spacial score (nSPS) is 13.0. The highest BCUT2D eigenvalue weighted by molar-refractivity contribution is 6.33. The van der Waals surface area contributed by atoms with Gasteiger partial charge in [-0.1, -0.05) is 41.0 Å². The average molecular weight is 413 g/mol. The molecule has 3 aromatic rings. The van der Waals surface area contributed by atoms with E-state index in [1.807, 2.05) is 0 Å². The predicted molar refractivity (Wildman–Crippen MR) is 106 cm³/mol. The molecule has 0 aliphatic heterocycles. The van der Waals surface area contributed by atoms with E-state index >= 15 is 0 Å². The van der Waals surface area contributed by atoms with Crippen LogP contribution in [-0.4, -0.2) is 34.6 Å². The number of hydrogen-bond donors (Lipinski definition) is 2. The Hall–Kier alpha value is -3.39. The summed E-state index contributed by atoms with van der Waals surface area (Å²) >= 11 is 6.10. The number of rotatable bonds is 7. The first kappa shape index (κ1) is 18.9. The third-order valence-corrected chi connectivity index (χ3v) is 4.54. The lowest BCUT2D eigenvalue weighted by atomic mass is 10.1. The van der Waals surface area contributed by atoms with E-state index in [4.69, 9.17) is 20.9 Å². The van der Waals surface area contributed by atoms with Crippen molar-refractivity contribution in [3.63, 3.8) is 0 Å². The minimum Gasteiger partial charge on any atom is -0.439 e. The van der Waals surface area contributed by atoms with Gasteiger partial charge in [0.25, 0.3) is 11.8 Å². The van der Waals surface area contributed by atoms with E-state index in [0.717, 1.165) is 12.8 Å². The van der Waals surface area contributed by atoms with Crippen LogP contribution >= 0.6 is 11.6 Å². The Morgan fingerprint density at radius 3 is 2.69 bits per heavy atom. The summed E-state index contributed by atoms with van der Waals surface area (Å²) in [5.74, 6) is -0.423. The molecule has 1 aromatic heterocycles. The van der Waals surface area contributed by atoms with Crippen molar-refractivity contribution < 1.29 is 18.8 Å². The third kappa shape index (κ3) is 4.72. The minimum atomic E-state index is -0.464. The fourth-order valence-corrected chi connectivity index (χ4v) is 2.83. The van der Waals surface area contributed by atoms with Crippen molar-refractivity contribution >= 4 is 29.1 Å². The molecule has 1 aliphatic carbocycles. The summed E-state index contributed by atoms with van der Waals surface area (Å²) in [6, 6.07) is 14.0. The summed E-state index contributed by atoms with van der Waals surface area (Å²) in [4.78, 5) is 28.6. The maximum Gasteiger partial charge on any atom is 0.418 e. The quantitative estimate of drug-likeness (QED) is 0.616. The number of benzene rings is 2. The van der Waals surface area contributed by atoms with Crippen molar-refractivity contribution in [2.24, 2.45) is 0 Å². The van der Waals surface area contributed by atoms with Crippen LogP contribution < -0.4 is 15.4 Å². The molecule has 148 valence electrons. The van der Waals surface area contributed by atoms with Crippen molar-refractivity contribution in [1.82, 2.24) is 15.5 Å². The van der Waals surface area contributed by atoms with Crippen LogP contribution in [0.25, 0.3) is 11.4 Å². The Kier molecular flexibility index (Phi) is 5.44. The van der Waals surface area contributed by atoms with Gasteiger partial charge >= 0.3 is 6.08 Å². The standard InChI is InChI=1S/C20H17ClN4O4/c21-15-7-3-1-5-13(15)18-24-20(29-25-18)28-11-17(26)23-16-8-4-2-6-14(16)19(27)22-12-9-10-12/h1-8,12H,9-11H2,(H,22,27)(H,23,26). The zero-order valence-corrected chi connectivity index (χ0v) is 16.0. The van der Waals surface area contributed by atoms with Crippen LogP contribution in [0.1, 0.15) is 23.2 Å². The molecule has 8 nitrogen and oxygen atoms in total. The molecule has 1 aliphatic rings.